The lowest BCUT2D eigenvalue weighted by Crippen LogP contribution is -2.46. The number of hydrogen-bond acceptors (Lipinski definition) is 4. The fourth-order valence-electron chi connectivity index (χ4n) is 3.13. The van der Waals surface area contributed by atoms with Crippen molar-refractivity contribution >= 4 is 29.9 Å². The molecule has 0 aromatic carbocycles. The van der Waals surface area contributed by atoms with Crippen molar-refractivity contribution in [1.29, 1.82) is 0 Å². The number of likely N-dealkylation sites (N-methyl/N-ethyl adjacent to an activating group) is 2. The third-order valence-corrected chi connectivity index (χ3v) is 4.37. The fraction of sp³-hybridized carbons (Fsp3) is 0.706. The van der Waals surface area contributed by atoms with E-state index < -0.39 is 6.10 Å². The van der Waals surface area contributed by atoms with Crippen LogP contribution in [0.4, 0.5) is 0 Å². The van der Waals surface area contributed by atoms with E-state index >= 15 is 0 Å². The lowest BCUT2D eigenvalue weighted by molar-refractivity contribution is 0.158. The summed E-state index contributed by atoms with van der Waals surface area (Å²) in [6.07, 6.45) is 3.38. The molecule has 1 aromatic rings. The third kappa shape index (κ3) is 5.93. The molecule has 1 aliphatic heterocycles. The number of rotatable bonds is 7. The number of guanidine groups is 1. The van der Waals surface area contributed by atoms with E-state index in [1.54, 1.807) is 18.4 Å². The molecule has 0 bridgehead atoms. The minimum absolute atomic E-state index is 0. The molecule has 2 rings (SSSR count). The molecule has 1 aliphatic rings. The Balaban J connectivity index is 0.00000288. The number of nitrogens with one attached hydrogen (secondary N) is 1. The monoisotopic (exact) mass is 450 g/mol. The topological polar surface area (TPSA) is 64.2 Å². The van der Waals surface area contributed by atoms with Crippen LogP contribution in [0.25, 0.3) is 0 Å². The van der Waals surface area contributed by atoms with Crippen molar-refractivity contribution < 1.29 is 9.52 Å². The molecule has 2 atom stereocenters. The molecular formula is C17H31IN4O2. The molecule has 7 heteroatoms. The lowest BCUT2D eigenvalue weighted by atomic mass is 10.2. The number of hydrogen-bond donors (Lipinski definition) is 2. The van der Waals surface area contributed by atoms with Gasteiger partial charge in [0.15, 0.2) is 5.96 Å². The van der Waals surface area contributed by atoms with Gasteiger partial charge in [-0.15, -0.1) is 24.0 Å². The van der Waals surface area contributed by atoms with Gasteiger partial charge in [-0.25, -0.2) is 4.99 Å². The van der Waals surface area contributed by atoms with Crippen LogP contribution in [0.3, 0.4) is 0 Å². The summed E-state index contributed by atoms with van der Waals surface area (Å²) in [6.45, 7) is 8.63. The number of nitrogens with zero attached hydrogens (tertiary/aromatic N) is 3. The van der Waals surface area contributed by atoms with E-state index in [4.69, 9.17) is 4.42 Å². The van der Waals surface area contributed by atoms with Crippen LogP contribution in [-0.4, -0.2) is 66.7 Å². The average Bonchev–Trinajstić information content (AvgIpc) is 3.22. The SMILES string of the molecule is CCNC(=NCC(O)c1ccco1)N(C)CC1CCCN1CC.I. The summed E-state index contributed by atoms with van der Waals surface area (Å²) >= 11 is 0. The Morgan fingerprint density at radius 3 is 2.96 bits per heavy atom. The molecule has 138 valence electrons. The largest absolute Gasteiger partial charge is 0.467 e. The number of halogens is 1. The van der Waals surface area contributed by atoms with E-state index in [1.807, 2.05) is 0 Å². The van der Waals surface area contributed by atoms with E-state index in [9.17, 15) is 5.11 Å². The predicted molar refractivity (Wildman–Crippen MR) is 108 cm³/mol. The third-order valence-electron chi connectivity index (χ3n) is 4.37. The summed E-state index contributed by atoms with van der Waals surface area (Å²) in [6, 6.07) is 4.14. The highest BCUT2D eigenvalue weighted by Gasteiger charge is 2.25. The molecule has 0 aliphatic carbocycles. The van der Waals surface area contributed by atoms with Crippen molar-refractivity contribution in [3.63, 3.8) is 0 Å². The molecule has 1 saturated heterocycles. The summed E-state index contributed by atoms with van der Waals surface area (Å²) in [5.41, 5.74) is 0. The maximum Gasteiger partial charge on any atom is 0.193 e. The van der Waals surface area contributed by atoms with Gasteiger partial charge in [0.1, 0.15) is 11.9 Å². The highest BCUT2D eigenvalue weighted by Crippen LogP contribution is 2.17. The highest BCUT2D eigenvalue weighted by atomic mass is 127. The first-order valence-corrected chi connectivity index (χ1v) is 8.60. The molecule has 0 saturated carbocycles. The first-order valence-electron chi connectivity index (χ1n) is 8.60. The normalized spacial score (nSPS) is 19.8. The second-order valence-electron chi connectivity index (χ2n) is 6.03. The van der Waals surface area contributed by atoms with Crippen LogP contribution in [0.5, 0.6) is 0 Å². The van der Waals surface area contributed by atoms with E-state index in [0.29, 0.717) is 18.3 Å². The first kappa shape index (κ1) is 21.2. The number of aliphatic imine (C=N–C) groups is 1. The zero-order chi connectivity index (χ0) is 16.7. The Morgan fingerprint density at radius 2 is 2.33 bits per heavy atom. The Bertz CT molecular complexity index is 481. The van der Waals surface area contributed by atoms with E-state index in [1.165, 1.54) is 19.4 Å². The van der Waals surface area contributed by atoms with Crippen LogP contribution in [0, 0.1) is 0 Å². The van der Waals surface area contributed by atoms with Gasteiger partial charge in [-0.2, -0.15) is 0 Å². The van der Waals surface area contributed by atoms with Crippen molar-refractivity contribution in [2.24, 2.45) is 4.99 Å². The standard InChI is InChI=1S/C17H30N4O2.HI/c1-4-18-17(19-12-15(22)16-9-7-11-23-16)20(3)13-14-8-6-10-21(14)5-2;/h7,9,11,14-15,22H,4-6,8,10,12-13H2,1-3H3,(H,18,19);1H. The van der Waals surface area contributed by atoms with Crippen molar-refractivity contribution in [3.8, 4) is 0 Å². The van der Waals surface area contributed by atoms with Gasteiger partial charge in [0, 0.05) is 26.2 Å². The minimum Gasteiger partial charge on any atom is -0.467 e. The molecule has 0 amide bonds. The first-order chi connectivity index (χ1) is 11.2. The van der Waals surface area contributed by atoms with Crippen LogP contribution in [0.2, 0.25) is 0 Å². The van der Waals surface area contributed by atoms with Gasteiger partial charge in [-0.05, 0) is 45.0 Å². The second kappa shape index (κ2) is 10.9. The predicted octanol–water partition coefficient (Wildman–Crippen LogP) is 2.31. The molecule has 2 N–H and O–H groups in total. The van der Waals surface area contributed by atoms with Gasteiger partial charge in [0.25, 0.3) is 0 Å². The van der Waals surface area contributed by atoms with E-state index in [0.717, 1.165) is 25.6 Å². The van der Waals surface area contributed by atoms with Gasteiger partial charge in [0.2, 0.25) is 0 Å². The van der Waals surface area contributed by atoms with Crippen molar-refractivity contribution in [2.75, 3.05) is 39.8 Å². The number of aliphatic hydroxyl groups excluding tert-OH is 1. The van der Waals surface area contributed by atoms with Crippen molar-refractivity contribution in [1.82, 2.24) is 15.1 Å². The summed E-state index contributed by atoms with van der Waals surface area (Å²) in [5.74, 6) is 1.39. The molecule has 2 unspecified atom stereocenters. The second-order valence-corrected chi connectivity index (χ2v) is 6.03. The molecule has 6 nitrogen and oxygen atoms in total. The van der Waals surface area contributed by atoms with Gasteiger partial charge >= 0.3 is 0 Å². The van der Waals surface area contributed by atoms with Gasteiger partial charge in [-0.3, -0.25) is 4.90 Å². The van der Waals surface area contributed by atoms with E-state index in [2.05, 4.69) is 41.0 Å². The molecule has 1 aromatic heterocycles. The molecule has 24 heavy (non-hydrogen) atoms. The van der Waals surface area contributed by atoms with Crippen molar-refractivity contribution in [3.05, 3.63) is 24.2 Å². The summed E-state index contributed by atoms with van der Waals surface area (Å²) in [7, 11) is 2.06. The summed E-state index contributed by atoms with van der Waals surface area (Å²) < 4.78 is 5.22. The zero-order valence-electron chi connectivity index (χ0n) is 14.9. The quantitative estimate of drug-likeness (QED) is 0.379. The van der Waals surface area contributed by atoms with E-state index in [-0.39, 0.29) is 24.0 Å². The molecular weight excluding hydrogens is 419 g/mol. The van der Waals surface area contributed by atoms with Crippen LogP contribution < -0.4 is 5.32 Å². The van der Waals surface area contributed by atoms with Crippen LogP contribution in [0.1, 0.15) is 38.6 Å². The minimum atomic E-state index is -0.703. The molecule has 0 spiro atoms. The Labute approximate surface area is 162 Å². The molecule has 0 radical (unpaired) electrons. The number of likely N-dealkylation sites (tertiary alicyclic amines) is 1. The average molecular weight is 450 g/mol. The Kier molecular flexibility index (Phi) is 9.68. The maximum atomic E-state index is 10.1. The highest BCUT2D eigenvalue weighted by molar-refractivity contribution is 14.0. The van der Waals surface area contributed by atoms with Gasteiger partial charge in [0.05, 0.1) is 12.8 Å². The number of aliphatic hydroxyl groups is 1. The Hall–Kier alpha value is -0.800. The van der Waals surface area contributed by atoms with Crippen molar-refractivity contribution in [2.45, 2.75) is 38.8 Å². The van der Waals surface area contributed by atoms with Crippen LogP contribution in [-0.2, 0) is 0 Å². The lowest BCUT2D eigenvalue weighted by Gasteiger charge is -2.30. The van der Waals surface area contributed by atoms with Crippen LogP contribution in [0.15, 0.2) is 27.8 Å². The smallest absolute Gasteiger partial charge is 0.193 e. The number of furan rings is 1. The molecule has 1 fully saturated rings. The molecule has 2 heterocycles. The van der Waals surface area contributed by atoms with Gasteiger partial charge in [-0.1, -0.05) is 6.92 Å². The summed E-state index contributed by atoms with van der Waals surface area (Å²) in [4.78, 5) is 9.25. The Morgan fingerprint density at radius 1 is 1.54 bits per heavy atom. The van der Waals surface area contributed by atoms with Crippen LogP contribution >= 0.6 is 24.0 Å². The van der Waals surface area contributed by atoms with Gasteiger partial charge < -0.3 is 19.7 Å². The summed E-state index contributed by atoms with van der Waals surface area (Å²) in [5, 5.41) is 13.4. The maximum absolute atomic E-state index is 10.1. The fourth-order valence-corrected chi connectivity index (χ4v) is 3.13. The zero-order valence-corrected chi connectivity index (χ0v) is 17.3.